The number of aliphatic carboxylic acids is 1. The van der Waals surface area contributed by atoms with Crippen molar-refractivity contribution in [2.75, 3.05) is 19.8 Å². The molecule has 19 nitrogen and oxygen atoms in total. The molecule has 0 aliphatic carbocycles. The number of hydrogen-bond donors (Lipinski definition) is 11. The number of hydrogen-bond acceptors (Lipinski definition) is 12. The number of amides is 6. The SMILES string of the molecule is CC(C)C[C@H](NC(=O)[C@H](CO)NC(=O)[C@@H](N)CO)C(=O)N[C@@H](CC(C)C)C(=O)N1CCC[C@H]1C(=O)N[C@H](C(=O)N[C@H](C(=O)O)[C@@H](C)O)[C@@H](C)O. The molecule has 1 rings (SSSR count). The summed E-state index contributed by atoms with van der Waals surface area (Å²) < 4.78 is 0. The average molecular weight is 718 g/mol. The van der Waals surface area contributed by atoms with E-state index in [2.05, 4.69) is 26.6 Å². The highest BCUT2D eigenvalue weighted by Gasteiger charge is 2.41. The number of carbonyl (C=O) groups excluding carboxylic acids is 6. The summed E-state index contributed by atoms with van der Waals surface area (Å²) in [5.74, 6) is -6.83. The molecular weight excluding hydrogens is 662 g/mol. The van der Waals surface area contributed by atoms with Crippen LogP contribution in [-0.4, -0.2) is 146 Å². The minimum atomic E-state index is -1.72. The van der Waals surface area contributed by atoms with Crippen LogP contribution in [0.25, 0.3) is 0 Å². The van der Waals surface area contributed by atoms with Crippen molar-refractivity contribution < 1.29 is 59.1 Å². The molecule has 9 atom stereocenters. The maximum absolute atomic E-state index is 13.9. The van der Waals surface area contributed by atoms with Gasteiger partial charge in [-0.15, -0.1) is 0 Å². The van der Waals surface area contributed by atoms with Crippen LogP contribution in [0, 0.1) is 11.8 Å². The Kier molecular flexibility index (Phi) is 18.3. The number of nitrogens with one attached hydrogen (secondary N) is 5. The predicted molar refractivity (Wildman–Crippen MR) is 176 cm³/mol. The maximum Gasteiger partial charge on any atom is 0.328 e. The van der Waals surface area contributed by atoms with Crippen LogP contribution in [0.3, 0.4) is 0 Å². The van der Waals surface area contributed by atoms with E-state index in [1.807, 2.05) is 13.8 Å². The third-order valence-electron chi connectivity index (χ3n) is 7.96. The van der Waals surface area contributed by atoms with E-state index in [0.29, 0.717) is 6.42 Å². The van der Waals surface area contributed by atoms with Gasteiger partial charge in [0.2, 0.25) is 35.4 Å². The Hall–Kier alpha value is -3.91. The van der Waals surface area contributed by atoms with Gasteiger partial charge < -0.3 is 62.8 Å². The van der Waals surface area contributed by atoms with Crippen molar-refractivity contribution in [3.8, 4) is 0 Å². The third kappa shape index (κ3) is 13.4. The molecule has 19 heteroatoms. The lowest BCUT2D eigenvalue weighted by molar-refractivity contribution is -0.146. The largest absolute Gasteiger partial charge is 0.480 e. The first kappa shape index (κ1) is 44.1. The molecule has 12 N–H and O–H groups in total. The summed E-state index contributed by atoms with van der Waals surface area (Å²) in [5, 5.41) is 59.9. The zero-order valence-electron chi connectivity index (χ0n) is 29.4. The van der Waals surface area contributed by atoms with Gasteiger partial charge in [0.15, 0.2) is 6.04 Å². The maximum atomic E-state index is 13.9. The summed E-state index contributed by atoms with van der Waals surface area (Å²) in [7, 11) is 0. The normalized spacial score (nSPS) is 19.3. The average Bonchev–Trinajstić information content (AvgIpc) is 3.52. The Labute approximate surface area is 291 Å². The van der Waals surface area contributed by atoms with Crippen molar-refractivity contribution in [2.45, 2.75) is 122 Å². The molecule has 0 aromatic rings. The van der Waals surface area contributed by atoms with Crippen LogP contribution in [-0.2, 0) is 33.6 Å². The fraction of sp³-hybridized carbons (Fsp3) is 0.774. The monoisotopic (exact) mass is 717 g/mol. The highest BCUT2D eigenvalue weighted by atomic mass is 16.4. The zero-order valence-corrected chi connectivity index (χ0v) is 29.4. The van der Waals surface area contributed by atoms with Gasteiger partial charge in [0.05, 0.1) is 25.4 Å². The number of carbonyl (C=O) groups is 7. The van der Waals surface area contributed by atoms with Gasteiger partial charge in [0.25, 0.3) is 0 Å². The molecule has 1 fully saturated rings. The Morgan fingerprint density at radius 3 is 1.66 bits per heavy atom. The van der Waals surface area contributed by atoms with Crippen LogP contribution in [0.2, 0.25) is 0 Å². The summed E-state index contributed by atoms with van der Waals surface area (Å²) in [6.07, 6.45) is -2.16. The number of likely N-dealkylation sites (tertiary alicyclic amines) is 1. The summed E-state index contributed by atoms with van der Waals surface area (Å²) in [6.45, 7) is 8.11. The fourth-order valence-electron chi connectivity index (χ4n) is 5.29. The van der Waals surface area contributed by atoms with Gasteiger partial charge in [-0.05, 0) is 51.4 Å². The number of carboxylic acids is 1. The fourth-order valence-corrected chi connectivity index (χ4v) is 5.29. The van der Waals surface area contributed by atoms with Gasteiger partial charge in [0.1, 0.15) is 36.3 Å². The topological polar surface area (TPSA) is 310 Å². The minimum Gasteiger partial charge on any atom is -0.480 e. The molecule has 1 aliphatic heterocycles. The van der Waals surface area contributed by atoms with Crippen molar-refractivity contribution in [1.29, 1.82) is 0 Å². The van der Waals surface area contributed by atoms with Gasteiger partial charge in [-0.1, -0.05) is 27.7 Å². The Morgan fingerprint density at radius 2 is 1.18 bits per heavy atom. The molecule has 0 aromatic carbocycles. The summed E-state index contributed by atoms with van der Waals surface area (Å²) in [6, 6.07) is -9.65. The Balaban J connectivity index is 3.20. The minimum absolute atomic E-state index is 0.109. The second kappa shape index (κ2) is 20.7. The van der Waals surface area contributed by atoms with E-state index in [9.17, 15) is 54.0 Å². The molecule has 0 bridgehead atoms. The van der Waals surface area contributed by atoms with E-state index >= 15 is 0 Å². The second-order valence-corrected chi connectivity index (χ2v) is 13.4. The lowest BCUT2D eigenvalue weighted by Gasteiger charge is -2.32. The molecule has 50 heavy (non-hydrogen) atoms. The van der Waals surface area contributed by atoms with Gasteiger partial charge >= 0.3 is 5.97 Å². The quantitative estimate of drug-likeness (QED) is 0.0568. The molecule has 0 unspecified atom stereocenters. The summed E-state index contributed by atoms with van der Waals surface area (Å²) >= 11 is 0. The molecule has 1 heterocycles. The van der Waals surface area contributed by atoms with E-state index < -0.39 is 109 Å². The smallest absolute Gasteiger partial charge is 0.328 e. The molecule has 0 saturated carbocycles. The first-order chi connectivity index (χ1) is 23.2. The van der Waals surface area contributed by atoms with Crippen molar-refractivity contribution in [3.05, 3.63) is 0 Å². The van der Waals surface area contributed by atoms with Crippen LogP contribution in [0.15, 0.2) is 0 Å². The van der Waals surface area contributed by atoms with Crippen molar-refractivity contribution in [3.63, 3.8) is 0 Å². The predicted octanol–water partition coefficient (Wildman–Crippen LogP) is -4.35. The van der Waals surface area contributed by atoms with Gasteiger partial charge in [-0.3, -0.25) is 28.8 Å². The molecule has 286 valence electrons. The molecule has 1 saturated heterocycles. The molecule has 0 spiro atoms. The summed E-state index contributed by atoms with van der Waals surface area (Å²) in [5.41, 5.74) is 5.47. The molecule has 6 amide bonds. The van der Waals surface area contributed by atoms with Crippen molar-refractivity contribution in [2.24, 2.45) is 17.6 Å². The highest BCUT2D eigenvalue weighted by Crippen LogP contribution is 2.21. The molecular formula is C31H55N7O12. The highest BCUT2D eigenvalue weighted by molar-refractivity contribution is 5.97. The molecule has 0 aromatic heterocycles. The lowest BCUT2D eigenvalue weighted by atomic mass is 9.99. The van der Waals surface area contributed by atoms with Crippen LogP contribution >= 0.6 is 0 Å². The van der Waals surface area contributed by atoms with Crippen LogP contribution in [0.5, 0.6) is 0 Å². The van der Waals surface area contributed by atoms with Gasteiger partial charge in [-0.25, -0.2) is 4.79 Å². The van der Waals surface area contributed by atoms with E-state index in [1.165, 1.54) is 11.8 Å². The van der Waals surface area contributed by atoms with E-state index in [-0.39, 0.29) is 37.6 Å². The van der Waals surface area contributed by atoms with Crippen LogP contribution < -0.4 is 32.3 Å². The van der Waals surface area contributed by atoms with E-state index in [4.69, 9.17) is 10.8 Å². The molecule has 1 aliphatic rings. The third-order valence-corrected chi connectivity index (χ3v) is 7.96. The number of carboxylic acid groups (broad SMARTS) is 1. The van der Waals surface area contributed by atoms with E-state index in [1.54, 1.807) is 13.8 Å². The molecule has 0 radical (unpaired) electrons. The number of nitrogens with zero attached hydrogens (tertiary/aromatic N) is 1. The van der Waals surface area contributed by atoms with Crippen molar-refractivity contribution in [1.82, 2.24) is 31.5 Å². The van der Waals surface area contributed by atoms with Crippen LogP contribution in [0.1, 0.15) is 67.2 Å². The van der Waals surface area contributed by atoms with Crippen molar-refractivity contribution >= 4 is 41.4 Å². The number of aliphatic hydroxyl groups is 4. The first-order valence-electron chi connectivity index (χ1n) is 16.6. The van der Waals surface area contributed by atoms with Gasteiger partial charge in [-0.2, -0.15) is 0 Å². The zero-order chi connectivity index (χ0) is 38.5. The Morgan fingerprint density at radius 1 is 0.680 bits per heavy atom. The summed E-state index contributed by atoms with van der Waals surface area (Å²) in [4.78, 5) is 91.5. The standard InChI is InChI=1S/C31H55N7O12/c1-14(2)10-19(33-27(45)21(13-40)35-25(43)18(32)12-39)26(44)34-20(11-15(3)4)30(48)38-9-7-8-22(38)28(46)36-23(16(5)41)29(47)37-24(17(6)42)31(49)50/h14-24,39-42H,7-13,32H2,1-6H3,(H,33,45)(H,34,44)(H,35,43)(H,36,46)(H,37,47)(H,49,50)/t16-,17-,18+,19+,20+,21+,22+,23+,24+/m1/s1. The lowest BCUT2D eigenvalue weighted by Crippen LogP contribution is -2.61. The van der Waals surface area contributed by atoms with Gasteiger partial charge in [0, 0.05) is 6.54 Å². The second-order valence-electron chi connectivity index (χ2n) is 13.4. The first-order valence-corrected chi connectivity index (χ1v) is 16.6. The number of aliphatic hydroxyl groups excluding tert-OH is 4. The number of rotatable bonds is 20. The van der Waals surface area contributed by atoms with E-state index in [0.717, 1.165) is 6.92 Å². The number of nitrogens with two attached hydrogens (primary N) is 1. The van der Waals surface area contributed by atoms with Crippen LogP contribution in [0.4, 0.5) is 0 Å². The Bertz CT molecular complexity index is 1200.